The molecule has 0 aliphatic rings. The zero-order chi connectivity index (χ0) is 11.5. The average molecular weight is 253 g/mol. The molecule has 0 amide bonds. The molecule has 2 aromatic rings. The average Bonchev–Trinajstić information content (AvgIpc) is 2.29. The van der Waals surface area contributed by atoms with E-state index in [0.717, 1.165) is 11.1 Å². The van der Waals surface area contributed by atoms with Crippen molar-refractivity contribution in [3.05, 3.63) is 48.3 Å². The Morgan fingerprint density at radius 1 is 1.12 bits per heavy atom. The molecule has 0 unspecified atom stereocenters. The number of pyridine rings is 1. The van der Waals surface area contributed by atoms with Gasteiger partial charge in [0.05, 0.1) is 5.97 Å². The molecule has 4 nitrogen and oxygen atoms in total. The first-order valence-electron chi connectivity index (χ1n) is 4.63. The van der Waals surface area contributed by atoms with Crippen LogP contribution in [0.5, 0.6) is 5.75 Å². The van der Waals surface area contributed by atoms with Crippen molar-refractivity contribution < 1.29 is 66.4 Å². The molecule has 0 atom stereocenters. The first-order chi connectivity index (χ1) is 7.68. The molecule has 0 bridgehead atoms. The predicted molar refractivity (Wildman–Crippen MR) is 55.7 cm³/mol. The van der Waals surface area contributed by atoms with E-state index < -0.39 is 5.97 Å². The van der Waals surface area contributed by atoms with E-state index in [1.54, 1.807) is 30.6 Å². The van der Waals surface area contributed by atoms with E-state index in [-0.39, 0.29) is 62.7 Å². The summed E-state index contributed by atoms with van der Waals surface area (Å²) in [4.78, 5) is 14.5. The fourth-order valence-electron chi connectivity index (χ4n) is 1.43. The molecule has 1 aromatic carbocycles. The summed E-state index contributed by atoms with van der Waals surface area (Å²) in [7, 11) is 0. The van der Waals surface area contributed by atoms with Gasteiger partial charge >= 0.3 is 51.4 Å². The van der Waals surface area contributed by atoms with Crippen LogP contribution in [0.15, 0.2) is 42.7 Å². The molecule has 0 aliphatic carbocycles. The van der Waals surface area contributed by atoms with Crippen molar-refractivity contribution in [2.75, 3.05) is 0 Å². The van der Waals surface area contributed by atoms with Crippen LogP contribution in [0.1, 0.15) is 10.4 Å². The number of benzene rings is 1. The summed E-state index contributed by atoms with van der Waals surface area (Å²) < 4.78 is 0. The second kappa shape index (κ2) is 6.27. The number of hydrogen-bond donors (Lipinski definition) is 1. The van der Waals surface area contributed by atoms with Gasteiger partial charge in [0.1, 0.15) is 5.75 Å². The number of aromatic nitrogens is 1. The Morgan fingerprint density at radius 3 is 2.29 bits per heavy atom. The summed E-state index contributed by atoms with van der Waals surface area (Å²) in [5, 5.41) is 20.1. The number of phenols is 1. The molecule has 1 N–H and O–H groups in total. The summed E-state index contributed by atoms with van der Waals surface area (Å²) in [6.07, 6.45) is 3.25. The first-order valence-corrected chi connectivity index (χ1v) is 4.63. The third-order valence-electron chi connectivity index (χ3n) is 2.23. The van der Waals surface area contributed by atoms with Gasteiger partial charge in [-0.3, -0.25) is 4.98 Å². The minimum absolute atomic E-state index is 0. The Kier molecular flexibility index (Phi) is 5.29. The van der Waals surface area contributed by atoms with Gasteiger partial charge in [0, 0.05) is 18.0 Å². The van der Waals surface area contributed by atoms with Crippen molar-refractivity contribution >= 4 is 5.97 Å². The number of nitrogens with zero attached hydrogens (tertiary/aromatic N) is 1. The number of carboxylic acids is 1. The van der Waals surface area contributed by atoms with Gasteiger partial charge in [0.2, 0.25) is 0 Å². The summed E-state index contributed by atoms with van der Waals surface area (Å²) in [5.41, 5.74) is 1.37. The molecule has 2 rings (SSSR count). The van der Waals surface area contributed by atoms with Crippen molar-refractivity contribution in [3.8, 4) is 16.9 Å². The molecule has 1 aromatic heterocycles. The van der Waals surface area contributed by atoms with Gasteiger partial charge in [-0.25, -0.2) is 0 Å². The van der Waals surface area contributed by atoms with Gasteiger partial charge in [0.15, 0.2) is 0 Å². The zero-order valence-corrected chi connectivity index (χ0v) is 12.4. The molecule has 0 fully saturated rings. The van der Waals surface area contributed by atoms with E-state index in [0.29, 0.717) is 0 Å². The van der Waals surface area contributed by atoms with Crippen LogP contribution in [0.3, 0.4) is 0 Å². The minimum atomic E-state index is -1.39. The van der Waals surface area contributed by atoms with Gasteiger partial charge in [-0.2, -0.15) is 0 Å². The molecule has 1 heterocycles. The van der Waals surface area contributed by atoms with Gasteiger partial charge in [0.25, 0.3) is 0 Å². The number of carbonyl (C=O) groups is 1. The molecule has 0 spiro atoms. The molecule has 17 heavy (non-hydrogen) atoms. The number of carboxylic acid groups (broad SMARTS) is 1. The fourth-order valence-corrected chi connectivity index (χ4v) is 1.43. The van der Waals surface area contributed by atoms with Crippen LogP contribution in [0.4, 0.5) is 0 Å². The molecular formula is C12H8KNO3. The summed E-state index contributed by atoms with van der Waals surface area (Å²) in [6.45, 7) is 0. The molecule has 5 heteroatoms. The van der Waals surface area contributed by atoms with Crippen molar-refractivity contribution in [2.24, 2.45) is 0 Å². The van der Waals surface area contributed by atoms with Crippen LogP contribution in [0.25, 0.3) is 11.1 Å². The summed E-state index contributed by atoms with van der Waals surface area (Å²) in [6, 6.07) is 7.86. The normalized spacial score (nSPS) is 9.41. The monoisotopic (exact) mass is 253 g/mol. The Bertz CT molecular complexity index is 529. The molecule has 0 aliphatic heterocycles. The molecule has 0 saturated heterocycles. The van der Waals surface area contributed by atoms with Crippen molar-refractivity contribution in [1.29, 1.82) is 0 Å². The smallest absolute Gasteiger partial charge is 0.545 e. The number of rotatable bonds is 2. The second-order valence-electron chi connectivity index (χ2n) is 3.26. The first kappa shape index (κ1) is 14.3. The number of aromatic carboxylic acids is 1. The van der Waals surface area contributed by atoms with Crippen molar-refractivity contribution in [1.82, 2.24) is 4.98 Å². The minimum Gasteiger partial charge on any atom is -0.545 e. The maximum atomic E-state index is 10.6. The van der Waals surface area contributed by atoms with E-state index in [1.807, 2.05) is 0 Å². The predicted octanol–water partition coefficient (Wildman–Crippen LogP) is -2.18. The molecule has 0 saturated carbocycles. The third kappa shape index (κ3) is 3.37. The Labute approximate surface area is 141 Å². The summed E-state index contributed by atoms with van der Waals surface area (Å²) in [5.74, 6) is -1.69. The van der Waals surface area contributed by atoms with Gasteiger partial charge in [-0.15, -0.1) is 0 Å². The van der Waals surface area contributed by atoms with E-state index >= 15 is 0 Å². The van der Waals surface area contributed by atoms with Crippen LogP contribution >= 0.6 is 0 Å². The van der Waals surface area contributed by atoms with E-state index in [1.165, 1.54) is 12.1 Å². The molecular weight excluding hydrogens is 245 g/mol. The van der Waals surface area contributed by atoms with E-state index in [2.05, 4.69) is 4.98 Å². The van der Waals surface area contributed by atoms with Crippen LogP contribution in [0, 0.1) is 0 Å². The van der Waals surface area contributed by atoms with Crippen LogP contribution in [-0.2, 0) is 0 Å². The van der Waals surface area contributed by atoms with Crippen LogP contribution in [0.2, 0.25) is 0 Å². The number of carbonyl (C=O) groups excluding carboxylic acids is 1. The summed E-state index contributed by atoms with van der Waals surface area (Å²) >= 11 is 0. The van der Waals surface area contributed by atoms with Gasteiger partial charge in [-0.1, -0.05) is 6.07 Å². The number of hydrogen-bond acceptors (Lipinski definition) is 4. The van der Waals surface area contributed by atoms with E-state index in [4.69, 9.17) is 0 Å². The third-order valence-corrected chi connectivity index (χ3v) is 2.23. The van der Waals surface area contributed by atoms with Crippen molar-refractivity contribution in [3.63, 3.8) is 0 Å². The van der Waals surface area contributed by atoms with Crippen molar-refractivity contribution in [2.45, 2.75) is 0 Å². The topological polar surface area (TPSA) is 73.2 Å². The number of aromatic hydroxyl groups is 1. The maximum Gasteiger partial charge on any atom is 1.00 e. The quantitative estimate of drug-likeness (QED) is 0.618. The second-order valence-corrected chi connectivity index (χ2v) is 3.26. The SMILES string of the molecule is O=C([O-])c1ccc(-c2ccncc2)cc1O.[K+]. The van der Waals surface area contributed by atoms with Gasteiger partial charge < -0.3 is 15.0 Å². The Balaban J connectivity index is 0.00000144. The largest absolute Gasteiger partial charge is 1.00 e. The molecule has 80 valence electrons. The van der Waals surface area contributed by atoms with Gasteiger partial charge in [-0.05, 0) is 35.4 Å². The Hall–Kier alpha value is -0.724. The zero-order valence-electron chi connectivity index (χ0n) is 9.25. The molecule has 0 radical (unpaired) electrons. The standard InChI is InChI=1S/C12H9NO3.K/c14-11-7-9(1-2-10(11)12(15)16)8-3-5-13-6-4-8;/h1-7,14H,(H,15,16);/q;+1/p-1. The fraction of sp³-hybridized carbons (Fsp3) is 0. The van der Waals surface area contributed by atoms with Crippen LogP contribution in [-0.4, -0.2) is 16.1 Å². The van der Waals surface area contributed by atoms with E-state index in [9.17, 15) is 15.0 Å². The Morgan fingerprint density at radius 2 is 1.76 bits per heavy atom. The maximum absolute atomic E-state index is 10.6. The van der Waals surface area contributed by atoms with Crippen LogP contribution < -0.4 is 56.5 Å².